The minimum Gasteiger partial charge on any atom is -0.342 e. The second kappa shape index (κ2) is 4.86. The molecule has 0 N–H and O–H groups in total. The zero-order chi connectivity index (χ0) is 14.4. The van der Waals surface area contributed by atoms with Crippen LogP contribution in [-0.4, -0.2) is 23.9 Å². The highest BCUT2D eigenvalue weighted by molar-refractivity contribution is 5.81. The van der Waals surface area contributed by atoms with Gasteiger partial charge < -0.3 is 4.90 Å². The molecular weight excluding hydrogens is 258 g/mol. The second-order valence-electron chi connectivity index (χ2n) is 7.76. The van der Waals surface area contributed by atoms with Crippen molar-refractivity contribution in [1.29, 1.82) is 0 Å². The van der Waals surface area contributed by atoms with Crippen LogP contribution in [-0.2, 0) is 4.79 Å². The van der Waals surface area contributed by atoms with Gasteiger partial charge in [0, 0.05) is 19.0 Å². The summed E-state index contributed by atoms with van der Waals surface area (Å²) in [7, 11) is 0. The third-order valence-electron chi connectivity index (χ3n) is 5.52. The molecule has 4 rings (SSSR count). The van der Waals surface area contributed by atoms with Gasteiger partial charge in [-0.2, -0.15) is 0 Å². The molecule has 0 spiro atoms. The van der Waals surface area contributed by atoms with Gasteiger partial charge in [-0.15, -0.1) is 0 Å². The Bertz CT molecular complexity index is 532. The van der Waals surface area contributed by atoms with Gasteiger partial charge in [0.25, 0.3) is 0 Å². The molecule has 2 unspecified atom stereocenters. The average Bonchev–Trinajstić information content (AvgIpc) is 3.33. The fourth-order valence-electron chi connectivity index (χ4n) is 3.66. The Hall–Kier alpha value is -1.31. The van der Waals surface area contributed by atoms with Crippen molar-refractivity contribution < 1.29 is 4.79 Å². The smallest absolute Gasteiger partial charge is 0.225 e. The van der Waals surface area contributed by atoms with E-state index < -0.39 is 0 Å². The first kappa shape index (κ1) is 13.4. The van der Waals surface area contributed by atoms with E-state index in [9.17, 15) is 4.79 Å². The van der Waals surface area contributed by atoms with Crippen LogP contribution in [0.5, 0.6) is 0 Å². The van der Waals surface area contributed by atoms with Gasteiger partial charge in [0.2, 0.25) is 5.91 Å². The van der Waals surface area contributed by atoms with E-state index in [1.807, 2.05) is 0 Å². The van der Waals surface area contributed by atoms with Gasteiger partial charge in [-0.05, 0) is 54.9 Å². The molecular formula is C19H25NO. The van der Waals surface area contributed by atoms with E-state index in [4.69, 9.17) is 0 Å². The van der Waals surface area contributed by atoms with Crippen LogP contribution in [0.15, 0.2) is 30.3 Å². The van der Waals surface area contributed by atoms with Crippen LogP contribution in [0.1, 0.15) is 50.5 Å². The van der Waals surface area contributed by atoms with Crippen molar-refractivity contribution in [3.63, 3.8) is 0 Å². The van der Waals surface area contributed by atoms with Crippen LogP contribution >= 0.6 is 0 Å². The molecule has 0 bridgehead atoms. The number of hydrogen-bond donors (Lipinski definition) is 0. The molecule has 1 aromatic carbocycles. The molecule has 0 saturated heterocycles. The minimum absolute atomic E-state index is 0.306. The number of carbonyl (C=O) groups excluding carboxylic acids is 1. The summed E-state index contributed by atoms with van der Waals surface area (Å²) in [5.41, 5.74) is 1.76. The fraction of sp³-hybridized carbons (Fsp3) is 0.632. The lowest BCUT2D eigenvalue weighted by atomic mass is 10.00. The highest BCUT2D eigenvalue weighted by Crippen LogP contribution is 2.59. The SMILES string of the molecule is CC1(CN(CC2CC2)C(=O)C2CC2)CC1c1ccccc1. The summed E-state index contributed by atoms with van der Waals surface area (Å²) in [5, 5.41) is 0. The summed E-state index contributed by atoms with van der Waals surface area (Å²) in [6.07, 6.45) is 6.13. The first-order valence-corrected chi connectivity index (χ1v) is 8.49. The van der Waals surface area contributed by atoms with Gasteiger partial charge in [-0.3, -0.25) is 4.79 Å². The molecule has 3 aliphatic carbocycles. The topological polar surface area (TPSA) is 20.3 Å². The Balaban J connectivity index is 1.44. The highest BCUT2D eigenvalue weighted by atomic mass is 16.2. The van der Waals surface area contributed by atoms with Gasteiger partial charge in [-0.1, -0.05) is 37.3 Å². The number of nitrogens with zero attached hydrogens (tertiary/aromatic N) is 1. The molecule has 0 radical (unpaired) electrons. The predicted molar refractivity (Wildman–Crippen MR) is 83.9 cm³/mol. The molecule has 112 valence electrons. The summed E-state index contributed by atoms with van der Waals surface area (Å²) in [4.78, 5) is 14.8. The molecule has 0 aromatic heterocycles. The maximum Gasteiger partial charge on any atom is 0.225 e. The zero-order valence-electron chi connectivity index (χ0n) is 12.9. The minimum atomic E-state index is 0.306. The Morgan fingerprint density at radius 1 is 1.19 bits per heavy atom. The van der Waals surface area contributed by atoms with Gasteiger partial charge in [-0.25, -0.2) is 0 Å². The Labute approximate surface area is 127 Å². The van der Waals surface area contributed by atoms with Crippen LogP contribution < -0.4 is 0 Å². The normalized spacial score (nSPS) is 31.0. The van der Waals surface area contributed by atoms with Crippen LogP contribution in [0.25, 0.3) is 0 Å². The van der Waals surface area contributed by atoms with Crippen molar-refractivity contribution in [3.8, 4) is 0 Å². The quantitative estimate of drug-likeness (QED) is 0.777. The highest BCUT2D eigenvalue weighted by Gasteiger charge is 2.52. The van der Waals surface area contributed by atoms with Gasteiger partial charge in [0.05, 0.1) is 0 Å². The third-order valence-corrected chi connectivity index (χ3v) is 5.52. The van der Waals surface area contributed by atoms with Crippen LogP contribution in [0.2, 0.25) is 0 Å². The van der Waals surface area contributed by atoms with Gasteiger partial charge in [0.15, 0.2) is 0 Å². The molecule has 21 heavy (non-hydrogen) atoms. The van der Waals surface area contributed by atoms with E-state index in [1.165, 1.54) is 24.8 Å². The Morgan fingerprint density at radius 2 is 1.90 bits per heavy atom. The Kier molecular flexibility index (Phi) is 3.09. The summed E-state index contributed by atoms with van der Waals surface area (Å²) in [6.45, 7) is 4.36. The Morgan fingerprint density at radius 3 is 2.52 bits per heavy atom. The molecule has 2 nitrogen and oxygen atoms in total. The third kappa shape index (κ3) is 2.86. The monoisotopic (exact) mass is 283 g/mol. The van der Waals surface area contributed by atoms with Crippen LogP contribution in [0.4, 0.5) is 0 Å². The number of carbonyl (C=O) groups is 1. The fourth-order valence-corrected chi connectivity index (χ4v) is 3.66. The van der Waals surface area contributed by atoms with E-state index in [0.717, 1.165) is 31.8 Å². The maximum absolute atomic E-state index is 12.5. The van der Waals surface area contributed by atoms with Crippen molar-refractivity contribution in [1.82, 2.24) is 4.90 Å². The molecule has 2 atom stereocenters. The largest absolute Gasteiger partial charge is 0.342 e. The lowest BCUT2D eigenvalue weighted by Crippen LogP contribution is -2.38. The standard InChI is InChI=1S/C19H25NO/c1-19(11-17(19)15-5-3-2-4-6-15)13-20(12-14-7-8-14)18(21)16-9-10-16/h2-6,14,16-17H,7-13H2,1H3. The van der Waals surface area contributed by atoms with Crippen molar-refractivity contribution in [2.24, 2.45) is 17.3 Å². The van der Waals surface area contributed by atoms with Crippen molar-refractivity contribution >= 4 is 5.91 Å². The first-order valence-electron chi connectivity index (χ1n) is 8.49. The number of hydrogen-bond acceptors (Lipinski definition) is 1. The number of rotatable bonds is 6. The maximum atomic E-state index is 12.5. The molecule has 3 saturated carbocycles. The van der Waals surface area contributed by atoms with Crippen molar-refractivity contribution in [2.45, 2.75) is 44.9 Å². The molecule has 3 fully saturated rings. The molecule has 0 aliphatic heterocycles. The van der Waals surface area contributed by atoms with Crippen LogP contribution in [0.3, 0.4) is 0 Å². The number of amides is 1. The van der Waals surface area contributed by atoms with E-state index >= 15 is 0 Å². The van der Waals surface area contributed by atoms with E-state index in [2.05, 4.69) is 42.2 Å². The van der Waals surface area contributed by atoms with E-state index in [1.54, 1.807) is 0 Å². The van der Waals surface area contributed by atoms with E-state index in [-0.39, 0.29) is 0 Å². The summed E-state index contributed by atoms with van der Waals surface area (Å²) >= 11 is 0. The molecule has 3 aliphatic rings. The summed E-state index contributed by atoms with van der Waals surface area (Å²) in [5.74, 6) is 2.25. The van der Waals surface area contributed by atoms with Crippen LogP contribution in [0, 0.1) is 17.3 Å². The molecule has 2 heteroatoms. The van der Waals surface area contributed by atoms with E-state index in [0.29, 0.717) is 23.2 Å². The summed E-state index contributed by atoms with van der Waals surface area (Å²) < 4.78 is 0. The second-order valence-corrected chi connectivity index (χ2v) is 7.76. The zero-order valence-corrected chi connectivity index (χ0v) is 12.9. The first-order chi connectivity index (χ1) is 10.2. The lowest BCUT2D eigenvalue weighted by molar-refractivity contribution is -0.133. The molecule has 1 aromatic rings. The van der Waals surface area contributed by atoms with Gasteiger partial charge >= 0.3 is 0 Å². The lowest BCUT2D eigenvalue weighted by Gasteiger charge is -2.27. The van der Waals surface area contributed by atoms with Crippen molar-refractivity contribution in [3.05, 3.63) is 35.9 Å². The summed E-state index contributed by atoms with van der Waals surface area (Å²) in [6, 6.07) is 10.8. The van der Waals surface area contributed by atoms with Gasteiger partial charge in [0.1, 0.15) is 0 Å². The molecule has 1 amide bonds. The predicted octanol–water partition coefficient (Wildman–Crippen LogP) is 3.83. The molecule has 0 heterocycles. The van der Waals surface area contributed by atoms with Crippen molar-refractivity contribution in [2.75, 3.05) is 13.1 Å². The average molecular weight is 283 g/mol. The number of benzene rings is 1.